The van der Waals surface area contributed by atoms with Crippen LogP contribution in [0, 0.1) is 0 Å². The standard InChI is InChI=1S/C14H18N2O3/c1-3-14(2)13(19)15-8-12(18)16(14)9-10-5-4-6-11(17)7-10/h4-7,17H,3,8-9H2,1-2H3,(H,15,19). The second kappa shape index (κ2) is 4.91. The molecule has 1 unspecified atom stereocenters. The third-order valence-corrected chi connectivity index (χ3v) is 3.73. The number of rotatable bonds is 3. The van der Waals surface area contributed by atoms with Crippen LogP contribution in [-0.2, 0) is 16.1 Å². The SMILES string of the molecule is CCC1(C)C(=O)NCC(=O)N1Cc1cccc(O)c1. The van der Waals surface area contributed by atoms with Gasteiger partial charge in [-0.15, -0.1) is 0 Å². The molecule has 0 bridgehead atoms. The molecule has 1 atom stereocenters. The summed E-state index contributed by atoms with van der Waals surface area (Å²) in [5.41, 5.74) is -0.0245. The summed E-state index contributed by atoms with van der Waals surface area (Å²) < 4.78 is 0. The van der Waals surface area contributed by atoms with Crippen molar-refractivity contribution < 1.29 is 14.7 Å². The van der Waals surface area contributed by atoms with E-state index in [0.717, 1.165) is 5.56 Å². The minimum Gasteiger partial charge on any atom is -0.508 e. The number of hydrogen-bond acceptors (Lipinski definition) is 3. The Kier molecular flexibility index (Phi) is 3.46. The van der Waals surface area contributed by atoms with Crippen molar-refractivity contribution in [1.82, 2.24) is 10.2 Å². The maximum absolute atomic E-state index is 12.1. The normalized spacial score (nSPS) is 23.4. The van der Waals surface area contributed by atoms with Gasteiger partial charge in [0.2, 0.25) is 11.8 Å². The van der Waals surface area contributed by atoms with Gasteiger partial charge < -0.3 is 15.3 Å². The molecule has 0 aromatic heterocycles. The molecule has 102 valence electrons. The lowest BCUT2D eigenvalue weighted by Gasteiger charge is -2.43. The number of phenols is 1. The van der Waals surface area contributed by atoms with Crippen LogP contribution in [-0.4, -0.2) is 33.9 Å². The first kappa shape index (κ1) is 13.4. The van der Waals surface area contributed by atoms with E-state index in [2.05, 4.69) is 5.32 Å². The molecule has 2 rings (SSSR count). The van der Waals surface area contributed by atoms with E-state index in [9.17, 15) is 14.7 Å². The highest BCUT2D eigenvalue weighted by Gasteiger charge is 2.43. The third kappa shape index (κ3) is 2.41. The molecule has 1 aliphatic heterocycles. The van der Waals surface area contributed by atoms with Gasteiger partial charge >= 0.3 is 0 Å². The van der Waals surface area contributed by atoms with Crippen LogP contribution in [0.3, 0.4) is 0 Å². The smallest absolute Gasteiger partial charge is 0.246 e. The molecule has 0 spiro atoms. The summed E-state index contributed by atoms with van der Waals surface area (Å²) in [6.07, 6.45) is 0.545. The first-order valence-corrected chi connectivity index (χ1v) is 6.34. The summed E-state index contributed by atoms with van der Waals surface area (Å²) in [6, 6.07) is 6.74. The van der Waals surface area contributed by atoms with Crippen molar-refractivity contribution in [1.29, 1.82) is 0 Å². The fourth-order valence-corrected chi connectivity index (χ4v) is 2.29. The number of nitrogens with zero attached hydrogens (tertiary/aromatic N) is 1. The van der Waals surface area contributed by atoms with E-state index < -0.39 is 5.54 Å². The maximum Gasteiger partial charge on any atom is 0.246 e. The summed E-state index contributed by atoms with van der Waals surface area (Å²) in [7, 11) is 0. The van der Waals surface area contributed by atoms with E-state index in [0.29, 0.717) is 13.0 Å². The number of phenolic OH excluding ortho intramolecular Hbond substituents is 1. The quantitative estimate of drug-likeness (QED) is 0.854. The van der Waals surface area contributed by atoms with Crippen molar-refractivity contribution in [3.8, 4) is 5.75 Å². The van der Waals surface area contributed by atoms with Gasteiger partial charge in [0.1, 0.15) is 11.3 Å². The molecule has 1 heterocycles. The van der Waals surface area contributed by atoms with Gasteiger partial charge in [-0.3, -0.25) is 9.59 Å². The first-order valence-electron chi connectivity index (χ1n) is 6.34. The predicted molar refractivity (Wildman–Crippen MR) is 70.4 cm³/mol. The Morgan fingerprint density at radius 1 is 1.42 bits per heavy atom. The van der Waals surface area contributed by atoms with Crippen molar-refractivity contribution in [2.45, 2.75) is 32.4 Å². The fraction of sp³-hybridized carbons (Fsp3) is 0.429. The van der Waals surface area contributed by atoms with E-state index in [-0.39, 0.29) is 24.1 Å². The molecule has 19 heavy (non-hydrogen) atoms. The van der Waals surface area contributed by atoms with Crippen molar-refractivity contribution in [2.24, 2.45) is 0 Å². The van der Waals surface area contributed by atoms with Gasteiger partial charge in [-0.05, 0) is 31.0 Å². The summed E-state index contributed by atoms with van der Waals surface area (Å²) in [5, 5.41) is 12.1. The molecule has 5 heteroatoms. The van der Waals surface area contributed by atoms with E-state index >= 15 is 0 Å². The Hall–Kier alpha value is -2.04. The number of hydrogen-bond donors (Lipinski definition) is 2. The van der Waals surface area contributed by atoms with Crippen molar-refractivity contribution >= 4 is 11.8 Å². The highest BCUT2D eigenvalue weighted by molar-refractivity contribution is 5.97. The molecule has 1 fully saturated rings. The monoisotopic (exact) mass is 262 g/mol. The number of carbonyl (C=O) groups excluding carboxylic acids is 2. The zero-order valence-electron chi connectivity index (χ0n) is 11.1. The number of nitrogens with one attached hydrogen (secondary N) is 1. The molecular formula is C14H18N2O3. The molecule has 0 saturated carbocycles. The molecule has 1 aromatic carbocycles. The van der Waals surface area contributed by atoms with Crippen LogP contribution in [0.5, 0.6) is 5.75 Å². The second-order valence-corrected chi connectivity index (χ2v) is 4.96. The van der Waals surface area contributed by atoms with Crippen LogP contribution in [0.4, 0.5) is 0 Å². The van der Waals surface area contributed by atoms with Gasteiger partial charge in [-0.2, -0.15) is 0 Å². The molecule has 0 aliphatic carbocycles. The number of carbonyl (C=O) groups is 2. The molecule has 2 N–H and O–H groups in total. The average molecular weight is 262 g/mol. The molecule has 1 aromatic rings. The van der Waals surface area contributed by atoms with Crippen LogP contribution in [0.15, 0.2) is 24.3 Å². The Labute approximate surface area is 112 Å². The Morgan fingerprint density at radius 3 is 2.79 bits per heavy atom. The van der Waals surface area contributed by atoms with Gasteiger partial charge in [0.25, 0.3) is 0 Å². The van der Waals surface area contributed by atoms with Gasteiger partial charge in [0.15, 0.2) is 0 Å². The first-order chi connectivity index (χ1) is 8.97. The van der Waals surface area contributed by atoms with E-state index in [1.807, 2.05) is 13.0 Å². The fourth-order valence-electron chi connectivity index (χ4n) is 2.29. The largest absolute Gasteiger partial charge is 0.508 e. The molecule has 1 saturated heterocycles. The second-order valence-electron chi connectivity index (χ2n) is 4.96. The molecule has 1 aliphatic rings. The Bertz CT molecular complexity index is 515. The van der Waals surface area contributed by atoms with E-state index in [1.54, 1.807) is 30.0 Å². The lowest BCUT2D eigenvalue weighted by molar-refractivity contribution is -0.153. The topological polar surface area (TPSA) is 69.6 Å². The number of piperazine rings is 1. The number of amides is 2. The molecule has 2 amide bonds. The van der Waals surface area contributed by atoms with E-state index in [1.165, 1.54) is 0 Å². The van der Waals surface area contributed by atoms with Crippen molar-refractivity contribution in [3.63, 3.8) is 0 Å². The number of benzene rings is 1. The third-order valence-electron chi connectivity index (χ3n) is 3.73. The van der Waals surface area contributed by atoms with Gasteiger partial charge in [0.05, 0.1) is 6.54 Å². The minimum atomic E-state index is -0.833. The van der Waals surface area contributed by atoms with Crippen molar-refractivity contribution in [2.75, 3.05) is 6.54 Å². The zero-order valence-corrected chi connectivity index (χ0v) is 11.1. The summed E-state index contributed by atoms with van der Waals surface area (Å²) in [5.74, 6) is -0.0772. The number of aromatic hydroxyl groups is 1. The Balaban J connectivity index is 2.29. The molecular weight excluding hydrogens is 244 g/mol. The lowest BCUT2D eigenvalue weighted by atomic mass is 9.92. The van der Waals surface area contributed by atoms with Crippen LogP contribution in [0.25, 0.3) is 0 Å². The van der Waals surface area contributed by atoms with Gasteiger partial charge in [-0.25, -0.2) is 0 Å². The summed E-state index contributed by atoms with van der Waals surface area (Å²) >= 11 is 0. The van der Waals surface area contributed by atoms with Crippen LogP contribution in [0.1, 0.15) is 25.8 Å². The highest BCUT2D eigenvalue weighted by atomic mass is 16.3. The van der Waals surface area contributed by atoms with Crippen LogP contribution >= 0.6 is 0 Å². The maximum atomic E-state index is 12.1. The lowest BCUT2D eigenvalue weighted by Crippen LogP contribution is -2.65. The zero-order chi connectivity index (χ0) is 14.0. The molecule has 5 nitrogen and oxygen atoms in total. The molecule has 0 radical (unpaired) electrons. The van der Waals surface area contributed by atoms with Crippen LogP contribution in [0.2, 0.25) is 0 Å². The summed E-state index contributed by atoms with van der Waals surface area (Å²) in [6.45, 7) is 4.01. The van der Waals surface area contributed by atoms with Crippen molar-refractivity contribution in [3.05, 3.63) is 29.8 Å². The predicted octanol–water partition coefficient (Wildman–Crippen LogP) is 1.02. The van der Waals surface area contributed by atoms with Gasteiger partial charge in [0, 0.05) is 6.54 Å². The average Bonchev–Trinajstić information content (AvgIpc) is 2.39. The van der Waals surface area contributed by atoms with Gasteiger partial charge in [-0.1, -0.05) is 19.1 Å². The minimum absolute atomic E-state index is 0.0350. The van der Waals surface area contributed by atoms with E-state index in [4.69, 9.17) is 0 Å². The summed E-state index contributed by atoms with van der Waals surface area (Å²) in [4.78, 5) is 25.6. The Morgan fingerprint density at radius 2 is 2.16 bits per heavy atom. The van der Waals surface area contributed by atoms with Crippen LogP contribution < -0.4 is 5.32 Å². The highest BCUT2D eigenvalue weighted by Crippen LogP contribution is 2.26.